The van der Waals surface area contributed by atoms with E-state index in [0.717, 1.165) is 22.3 Å². The normalized spacial score (nSPS) is 22.2. The van der Waals surface area contributed by atoms with Gasteiger partial charge in [0.25, 0.3) is 0 Å². The topological polar surface area (TPSA) is 55.4 Å². The quantitative estimate of drug-likeness (QED) is 0.148. The first-order valence-electron chi connectivity index (χ1n) is 14.5. The Morgan fingerprint density at radius 2 is 0.762 bits per heavy atom. The van der Waals surface area contributed by atoms with Crippen molar-refractivity contribution in [2.45, 2.75) is 63.4 Å². The van der Waals surface area contributed by atoms with E-state index >= 15 is 0 Å². The molecule has 0 aromatic heterocycles. The van der Waals surface area contributed by atoms with Gasteiger partial charge in [0.2, 0.25) is 0 Å². The molecule has 220 valence electrons. The number of rotatable bonds is 15. The first kappa shape index (κ1) is 30.1. The Morgan fingerprint density at radius 1 is 0.429 bits per heavy atom. The van der Waals surface area contributed by atoms with E-state index in [4.69, 9.17) is 28.4 Å². The summed E-state index contributed by atoms with van der Waals surface area (Å²) in [4.78, 5) is 0. The zero-order valence-corrected chi connectivity index (χ0v) is 24.1. The number of hydrogen-bond donors (Lipinski definition) is 0. The van der Waals surface area contributed by atoms with E-state index in [1.54, 1.807) is 7.11 Å². The van der Waals surface area contributed by atoms with E-state index < -0.39 is 18.3 Å². The predicted octanol–water partition coefficient (Wildman–Crippen LogP) is 6.72. The highest BCUT2D eigenvalue weighted by Crippen LogP contribution is 2.34. The largest absolute Gasteiger partial charge is 0.371 e. The van der Waals surface area contributed by atoms with E-state index in [9.17, 15) is 0 Å². The lowest BCUT2D eigenvalue weighted by Gasteiger charge is -2.45. The van der Waals surface area contributed by atoms with Gasteiger partial charge in [-0.2, -0.15) is 0 Å². The molecule has 1 saturated carbocycles. The second-order valence-electron chi connectivity index (χ2n) is 10.5. The van der Waals surface area contributed by atoms with Crippen molar-refractivity contribution in [3.05, 3.63) is 144 Å². The van der Waals surface area contributed by atoms with Crippen LogP contribution in [0.4, 0.5) is 0 Å². The summed E-state index contributed by atoms with van der Waals surface area (Å²) in [7, 11) is 1.62. The zero-order chi connectivity index (χ0) is 28.8. The smallest absolute Gasteiger partial charge is 0.146 e. The van der Waals surface area contributed by atoms with Gasteiger partial charge >= 0.3 is 0 Å². The molecule has 1 aliphatic carbocycles. The molecule has 0 aliphatic heterocycles. The molecular weight excluding hydrogens is 528 g/mol. The predicted molar refractivity (Wildman–Crippen MR) is 161 cm³/mol. The number of ether oxygens (including phenoxy) is 6. The van der Waals surface area contributed by atoms with Crippen molar-refractivity contribution in [3.8, 4) is 0 Å². The summed E-state index contributed by atoms with van der Waals surface area (Å²) < 4.78 is 38.2. The fourth-order valence-corrected chi connectivity index (χ4v) is 5.26. The Balaban J connectivity index is 1.43. The fraction of sp³-hybridized carbons (Fsp3) is 0.333. The van der Waals surface area contributed by atoms with E-state index in [2.05, 4.69) is 48.5 Å². The van der Waals surface area contributed by atoms with E-state index in [1.807, 2.05) is 72.8 Å². The summed E-state index contributed by atoms with van der Waals surface area (Å²) in [5.74, 6) is 0. The second-order valence-corrected chi connectivity index (χ2v) is 10.5. The van der Waals surface area contributed by atoms with E-state index in [-0.39, 0.29) is 19.0 Å². The summed E-state index contributed by atoms with van der Waals surface area (Å²) >= 11 is 0. The van der Waals surface area contributed by atoms with Crippen LogP contribution in [0.15, 0.2) is 121 Å². The highest BCUT2D eigenvalue weighted by molar-refractivity contribution is 5.16. The SMILES string of the molecule is COCO[C@H]1[C@H](OCc2ccccc2)[C@@H](OCc2ccccc2)[C@H](OCc2ccccc2)C[C@H]1OCc1ccccc1. The van der Waals surface area contributed by atoms with Crippen molar-refractivity contribution in [1.82, 2.24) is 0 Å². The van der Waals surface area contributed by atoms with Crippen molar-refractivity contribution >= 4 is 0 Å². The summed E-state index contributed by atoms with van der Waals surface area (Å²) in [5.41, 5.74) is 4.34. The van der Waals surface area contributed by atoms with Gasteiger partial charge in [-0.3, -0.25) is 0 Å². The van der Waals surface area contributed by atoms with Gasteiger partial charge in [-0.05, 0) is 22.3 Å². The molecule has 0 N–H and O–H groups in total. The maximum absolute atomic E-state index is 6.68. The van der Waals surface area contributed by atoms with Crippen molar-refractivity contribution in [3.63, 3.8) is 0 Å². The van der Waals surface area contributed by atoms with E-state index in [0.29, 0.717) is 32.8 Å². The van der Waals surface area contributed by atoms with Crippen LogP contribution >= 0.6 is 0 Å². The summed E-state index contributed by atoms with van der Waals surface area (Å²) in [5, 5.41) is 0. The zero-order valence-electron chi connectivity index (χ0n) is 24.1. The minimum Gasteiger partial charge on any atom is -0.371 e. The van der Waals surface area contributed by atoms with Gasteiger partial charge in [0.15, 0.2) is 0 Å². The van der Waals surface area contributed by atoms with Crippen LogP contribution in [0.3, 0.4) is 0 Å². The van der Waals surface area contributed by atoms with Crippen molar-refractivity contribution in [2.24, 2.45) is 0 Å². The van der Waals surface area contributed by atoms with Crippen LogP contribution in [0.2, 0.25) is 0 Å². The highest BCUT2D eigenvalue weighted by Gasteiger charge is 2.48. The van der Waals surface area contributed by atoms with Gasteiger partial charge in [-0.1, -0.05) is 121 Å². The lowest BCUT2D eigenvalue weighted by molar-refractivity contribution is -0.260. The first-order chi connectivity index (χ1) is 20.8. The fourth-order valence-electron chi connectivity index (χ4n) is 5.26. The third kappa shape index (κ3) is 8.82. The van der Waals surface area contributed by atoms with Gasteiger partial charge in [0.05, 0.1) is 38.6 Å². The minimum atomic E-state index is -0.473. The van der Waals surface area contributed by atoms with Crippen molar-refractivity contribution in [1.29, 1.82) is 0 Å². The standard InChI is InChI=1S/C36H40O6/c1-37-27-42-35-33(39-24-29-16-8-3-9-17-29)22-32(38-23-28-14-6-2-7-15-28)34(40-25-30-18-10-4-11-19-30)36(35)41-26-31-20-12-5-13-21-31/h2-21,32-36H,22-27H2,1H3/t32-,33-,34+,35-,36-/m1/s1. The molecule has 6 nitrogen and oxygen atoms in total. The monoisotopic (exact) mass is 568 g/mol. The Bertz CT molecular complexity index is 1270. The molecule has 0 bridgehead atoms. The third-order valence-electron chi connectivity index (χ3n) is 7.41. The van der Waals surface area contributed by atoms with Gasteiger partial charge in [-0.25, -0.2) is 0 Å². The van der Waals surface area contributed by atoms with Crippen molar-refractivity contribution in [2.75, 3.05) is 13.9 Å². The summed E-state index contributed by atoms with van der Waals surface area (Å²) in [6.45, 7) is 1.85. The van der Waals surface area contributed by atoms with Gasteiger partial charge in [-0.15, -0.1) is 0 Å². The Labute approximate surface area is 249 Å². The molecule has 5 rings (SSSR count). The lowest BCUT2D eigenvalue weighted by Crippen LogP contribution is -2.60. The number of hydrogen-bond acceptors (Lipinski definition) is 6. The molecule has 0 unspecified atom stereocenters. The molecule has 0 spiro atoms. The summed E-state index contributed by atoms with van der Waals surface area (Å²) in [6.07, 6.45) is -1.33. The Morgan fingerprint density at radius 3 is 1.14 bits per heavy atom. The lowest BCUT2D eigenvalue weighted by atomic mass is 9.86. The molecule has 0 saturated heterocycles. The van der Waals surface area contributed by atoms with Crippen LogP contribution < -0.4 is 0 Å². The van der Waals surface area contributed by atoms with Gasteiger partial charge < -0.3 is 28.4 Å². The average molecular weight is 569 g/mol. The Kier molecular flexibility index (Phi) is 11.7. The van der Waals surface area contributed by atoms with Gasteiger partial charge in [0, 0.05) is 13.5 Å². The van der Waals surface area contributed by atoms with Crippen LogP contribution in [0.1, 0.15) is 28.7 Å². The summed E-state index contributed by atoms with van der Waals surface area (Å²) in [6, 6.07) is 40.7. The number of benzene rings is 4. The second kappa shape index (κ2) is 16.3. The van der Waals surface area contributed by atoms with Crippen LogP contribution in [0.5, 0.6) is 0 Å². The van der Waals surface area contributed by atoms with Crippen LogP contribution in [0.25, 0.3) is 0 Å². The first-order valence-corrected chi connectivity index (χ1v) is 14.5. The molecule has 1 aliphatic rings. The molecule has 5 atom stereocenters. The maximum atomic E-state index is 6.68. The Hall–Kier alpha value is -3.36. The molecule has 6 heteroatoms. The highest BCUT2D eigenvalue weighted by atomic mass is 16.7. The van der Waals surface area contributed by atoms with Crippen molar-refractivity contribution < 1.29 is 28.4 Å². The molecule has 0 radical (unpaired) electrons. The molecule has 0 heterocycles. The molecule has 1 fully saturated rings. The van der Waals surface area contributed by atoms with Crippen LogP contribution in [-0.4, -0.2) is 44.4 Å². The third-order valence-corrected chi connectivity index (χ3v) is 7.41. The molecule has 4 aromatic rings. The van der Waals surface area contributed by atoms with Gasteiger partial charge in [0.1, 0.15) is 25.1 Å². The number of methoxy groups -OCH3 is 1. The van der Waals surface area contributed by atoms with E-state index in [1.165, 1.54) is 0 Å². The molecule has 4 aromatic carbocycles. The van der Waals surface area contributed by atoms with Crippen LogP contribution in [-0.2, 0) is 54.8 Å². The minimum absolute atomic E-state index is 0.113. The van der Waals surface area contributed by atoms with Crippen LogP contribution in [0, 0.1) is 0 Å². The molecular formula is C36H40O6. The molecule has 42 heavy (non-hydrogen) atoms. The molecule has 0 amide bonds. The maximum Gasteiger partial charge on any atom is 0.146 e. The average Bonchev–Trinajstić information content (AvgIpc) is 3.06.